The van der Waals surface area contributed by atoms with Gasteiger partial charge < -0.3 is 25.0 Å². The number of rotatable bonds is 8. The van der Waals surface area contributed by atoms with Crippen LogP contribution in [0.4, 0.5) is 17.1 Å². The summed E-state index contributed by atoms with van der Waals surface area (Å²) < 4.78 is 7.22. The number of aromatic hydroxyl groups is 3. The molecule has 2 aromatic carbocycles. The highest BCUT2D eigenvalue weighted by molar-refractivity contribution is 14.1. The van der Waals surface area contributed by atoms with Gasteiger partial charge in [-0.25, -0.2) is 0 Å². The van der Waals surface area contributed by atoms with Crippen molar-refractivity contribution in [1.29, 1.82) is 0 Å². The number of ether oxygens (including phenoxy) is 1. The molecule has 0 spiro atoms. The molecule has 0 bridgehead atoms. The Morgan fingerprint density at radius 1 is 1.06 bits per heavy atom. The van der Waals surface area contributed by atoms with E-state index in [4.69, 9.17) is 4.74 Å². The van der Waals surface area contributed by atoms with Crippen LogP contribution in [-0.2, 0) is 4.74 Å². The summed E-state index contributed by atoms with van der Waals surface area (Å²) in [7, 11) is 0. The Morgan fingerprint density at radius 2 is 1.75 bits per heavy atom. The third-order valence-electron chi connectivity index (χ3n) is 6.85. The summed E-state index contributed by atoms with van der Waals surface area (Å²) in [6, 6.07) is 7.46. The molecule has 2 aromatic rings. The second kappa shape index (κ2) is 10.3. The lowest BCUT2D eigenvalue weighted by Crippen LogP contribution is -2.30. The summed E-state index contributed by atoms with van der Waals surface area (Å²) in [5.41, 5.74) is 3.83. The van der Waals surface area contributed by atoms with E-state index in [0.717, 1.165) is 31.3 Å². The Morgan fingerprint density at radius 3 is 2.44 bits per heavy atom. The number of anilines is 3. The van der Waals surface area contributed by atoms with Gasteiger partial charge in [-0.2, -0.15) is 0 Å². The summed E-state index contributed by atoms with van der Waals surface area (Å²) in [4.78, 5) is 15.1. The van der Waals surface area contributed by atoms with E-state index in [0.29, 0.717) is 28.7 Å². The Labute approximate surface area is 226 Å². The monoisotopic (exact) mass is 604 g/mol. The molecule has 0 aromatic heterocycles. The number of hydrogen-bond acceptors (Lipinski definition) is 6. The number of allylic oxidation sites excluding steroid dienone is 3. The topological polar surface area (TPSA) is 96.8 Å². The molecule has 3 N–H and O–H groups in total. The third-order valence-corrected chi connectivity index (χ3v) is 7.81. The number of epoxide rings is 1. The Bertz CT molecular complexity index is 1240. The minimum atomic E-state index is -0.323. The first-order valence-electron chi connectivity index (χ1n) is 12.1. The molecule has 1 fully saturated rings. The molecule has 2 heterocycles. The number of carbonyl (C=O) groups is 1. The van der Waals surface area contributed by atoms with Crippen LogP contribution in [0.1, 0.15) is 63.7 Å². The first kappa shape index (κ1) is 26.3. The van der Waals surface area contributed by atoms with E-state index in [1.807, 2.05) is 35.9 Å². The van der Waals surface area contributed by atoms with E-state index in [2.05, 4.69) is 26.8 Å². The van der Waals surface area contributed by atoms with Crippen LogP contribution in [0, 0.1) is 0 Å². The Balaban J connectivity index is 1.51. The van der Waals surface area contributed by atoms with Crippen molar-refractivity contribution >= 4 is 45.8 Å². The second-order valence-corrected chi connectivity index (χ2v) is 11.1. The van der Waals surface area contributed by atoms with Crippen LogP contribution < -0.4 is 8.01 Å². The van der Waals surface area contributed by atoms with E-state index in [-0.39, 0.29) is 35.3 Å². The van der Waals surface area contributed by atoms with Gasteiger partial charge in [0.1, 0.15) is 28.6 Å². The lowest BCUT2D eigenvalue weighted by Gasteiger charge is -2.24. The van der Waals surface area contributed by atoms with Gasteiger partial charge in [-0.15, -0.1) is 0 Å². The normalized spacial score (nSPS) is 19.1. The fourth-order valence-electron chi connectivity index (χ4n) is 4.55. The fraction of sp³-hybridized carbons (Fsp3) is 0.393. The number of hydrogen-bond donors (Lipinski definition) is 3. The van der Waals surface area contributed by atoms with Crippen molar-refractivity contribution < 1.29 is 24.9 Å². The van der Waals surface area contributed by atoms with Crippen LogP contribution in [0.2, 0.25) is 0 Å². The first-order valence-corrected chi connectivity index (χ1v) is 13.1. The van der Waals surface area contributed by atoms with Crippen molar-refractivity contribution in [3.63, 3.8) is 0 Å². The molecule has 1 amide bonds. The molecule has 0 aliphatic carbocycles. The summed E-state index contributed by atoms with van der Waals surface area (Å²) >= 11 is 1.95. The molecular weight excluding hydrogens is 571 g/mol. The minimum Gasteiger partial charge on any atom is -0.508 e. The molecule has 4 rings (SSSR count). The Kier molecular flexibility index (Phi) is 7.56. The van der Waals surface area contributed by atoms with Crippen LogP contribution in [-0.4, -0.2) is 39.5 Å². The van der Waals surface area contributed by atoms with Gasteiger partial charge in [-0.3, -0.25) is 7.91 Å². The van der Waals surface area contributed by atoms with Crippen LogP contribution in [0.25, 0.3) is 0 Å². The average molecular weight is 604 g/mol. The molecule has 0 radical (unpaired) electrons. The van der Waals surface area contributed by atoms with Gasteiger partial charge in [0.2, 0.25) is 0 Å². The van der Waals surface area contributed by atoms with E-state index in [1.165, 1.54) is 28.7 Å². The number of amides is 1. The molecule has 1 unspecified atom stereocenters. The number of fused-ring (bicyclic) bond motifs is 2. The number of phenols is 3. The smallest absolute Gasteiger partial charge is 0.260 e. The zero-order valence-corrected chi connectivity index (χ0v) is 23.2. The Hall–Kier alpha value is -2.72. The zero-order valence-electron chi connectivity index (χ0n) is 21.1. The van der Waals surface area contributed by atoms with E-state index in [9.17, 15) is 20.1 Å². The predicted molar refractivity (Wildman–Crippen MR) is 151 cm³/mol. The number of nitrogens with zero attached hydrogens (tertiary/aromatic N) is 2. The first-order chi connectivity index (χ1) is 17.0. The van der Waals surface area contributed by atoms with Crippen LogP contribution >= 0.6 is 22.9 Å². The zero-order chi connectivity index (χ0) is 26.2. The summed E-state index contributed by atoms with van der Waals surface area (Å²) in [6.45, 7) is 8.71. The number of phenolic OH excluding ortho intramolecular Hbond substituents is 3. The van der Waals surface area contributed by atoms with Crippen molar-refractivity contribution in [2.45, 2.75) is 65.1 Å². The predicted octanol–water partition coefficient (Wildman–Crippen LogP) is 6.88. The molecule has 2 aliphatic heterocycles. The lowest BCUT2D eigenvalue weighted by atomic mass is 10.0. The summed E-state index contributed by atoms with van der Waals surface area (Å²) in [5, 5.41) is 31.3. The van der Waals surface area contributed by atoms with Gasteiger partial charge in [-0.1, -0.05) is 29.4 Å². The molecular formula is C28H33IN2O5. The number of carbonyl (C=O) groups excluding carboxylic acids is 1. The molecule has 192 valence electrons. The SMILES string of the molecule is C/C(=C\CN1C(=O)c2cccc(O)c2N(I)c2c(O)cc(O)cc21)CC/C=C(\C)CCC1OC1(C)C. The number of benzene rings is 2. The van der Waals surface area contributed by atoms with Crippen LogP contribution in [0.3, 0.4) is 0 Å². The molecule has 1 saturated heterocycles. The van der Waals surface area contributed by atoms with Gasteiger partial charge in [0.15, 0.2) is 0 Å². The summed E-state index contributed by atoms with van der Waals surface area (Å²) in [6.07, 6.45) is 8.47. The molecule has 0 saturated carbocycles. The van der Waals surface area contributed by atoms with Crippen molar-refractivity contribution in [2.24, 2.45) is 0 Å². The lowest BCUT2D eigenvalue weighted by molar-refractivity contribution is 0.0991. The van der Waals surface area contributed by atoms with Crippen molar-refractivity contribution in [2.75, 3.05) is 14.6 Å². The average Bonchev–Trinajstić information content (AvgIpc) is 3.44. The highest BCUT2D eigenvalue weighted by Crippen LogP contribution is 2.51. The maximum Gasteiger partial charge on any atom is 0.260 e. The van der Waals surface area contributed by atoms with Gasteiger partial charge in [-0.05, 0) is 65.5 Å². The highest BCUT2D eigenvalue weighted by Gasteiger charge is 2.46. The molecule has 1 atom stereocenters. The van der Waals surface area contributed by atoms with Crippen LogP contribution in [0.15, 0.2) is 53.6 Å². The van der Waals surface area contributed by atoms with Gasteiger partial charge in [0.25, 0.3) is 5.91 Å². The minimum absolute atomic E-state index is 0.0319. The molecule has 36 heavy (non-hydrogen) atoms. The quantitative estimate of drug-likeness (QED) is 0.132. The fourth-order valence-corrected chi connectivity index (χ4v) is 5.55. The van der Waals surface area contributed by atoms with Gasteiger partial charge >= 0.3 is 0 Å². The number of para-hydroxylation sites is 1. The maximum atomic E-state index is 13.6. The number of halogens is 1. The summed E-state index contributed by atoms with van der Waals surface area (Å²) in [5.74, 6) is -0.725. The third kappa shape index (κ3) is 5.49. The van der Waals surface area contributed by atoms with E-state index >= 15 is 0 Å². The largest absolute Gasteiger partial charge is 0.508 e. The maximum absolute atomic E-state index is 13.6. The van der Waals surface area contributed by atoms with Gasteiger partial charge in [0.05, 0.1) is 45.8 Å². The van der Waals surface area contributed by atoms with E-state index in [1.54, 1.807) is 15.2 Å². The molecule has 7 nitrogen and oxygen atoms in total. The van der Waals surface area contributed by atoms with Crippen molar-refractivity contribution in [3.8, 4) is 17.2 Å². The van der Waals surface area contributed by atoms with Crippen molar-refractivity contribution in [1.82, 2.24) is 0 Å². The van der Waals surface area contributed by atoms with Crippen LogP contribution in [0.5, 0.6) is 17.2 Å². The van der Waals surface area contributed by atoms with E-state index < -0.39 is 0 Å². The molecule has 2 aliphatic rings. The second-order valence-electron chi connectivity index (χ2n) is 10.1. The molecule has 8 heteroatoms. The highest BCUT2D eigenvalue weighted by atomic mass is 127. The van der Waals surface area contributed by atoms with Gasteiger partial charge in [0, 0.05) is 18.7 Å². The van der Waals surface area contributed by atoms with Crippen molar-refractivity contribution in [3.05, 3.63) is 59.2 Å². The standard InChI is InChI=1S/C28H33IN2O5/c1-17(11-12-24-28(3,4)36-24)7-5-8-18(2)13-14-30-21-15-19(32)16-23(34)26(21)31(29)25-20(27(30)35)9-6-10-22(25)33/h6-7,9-10,13,15-16,24,32-34H,5,8,11-12,14H2,1-4H3/b17-7+,18-13+.